The lowest BCUT2D eigenvalue weighted by atomic mass is 9.97. The van der Waals surface area contributed by atoms with Crippen LogP contribution in [0.1, 0.15) is 85.5 Å². The summed E-state index contributed by atoms with van der Waals surface area (Å²) in [5, 5.41) is 3.57. The van der Waals surface area contributed by atoms with Crippen molar-refractivity contribution in [2.75, 3.05) is 6.54 Å². The van der Waals surface area contributed by atoms with Crippen molar-refractivity contribution in [2.45, 2.75) is 91.5 Å². The van der Waals surface area contributed by atoms with Gasteiger partial charge in [0.05, 0.1) is 0 Å². The molecule has 0 rings (SSSR count). The Morgan fingerprint density at radius 2 is 1.41 bits per heavy atom. The highest BCUT2D eigenvalue weighted by Gasteiger charge is 2.06. The lowest BCUT2D eigenvalue weighted by Crippen LogP contribution is -2.28. The fourth-order valence-corrected chi connectivity index (χ4v) is 2.24. The molecule has 0 spiro atoms. The molecule has 1 N–H and O–H groups in total. The van der Waals surface area contributed by atoms with Gasteiger partial charge in [0, 0.05) is 6.04 Å². The molecule has 17 heavy (non-hydrogen) atoms. The molecule has 1 unspecified atom stereocenters. The maximum atomic E-state index is 3.57. The average Bonchev–Trinajstić information content (AvgIpc) is 2.31. The summed E-state index contributed by atoms with van der Waals surface area (Å²) >= 11 is 0. The SMILES string of the molecule is CCCCCCCCCC(CC)CNC(C)C. The van der Waals surface area contributed by atoms with Gasteiger partial charge >= 0.3 is 0 Å². The Balaban J connectivity index is 3.31. The minimum atomic E-state index is 0.637. The maximum absolute atomic E-state index is 3.57. The smallest absolute Gasteiger partial charge is 0.00104 e. The zero-order valence-electron chi connectivity index (χ0n) is 12.7. The maximum Gasteiger partial charge on any atom is 0.00104 e. The van der Waals surface area contributed by atoms with E-state index in [0.717, 1.165) is 5.92 Å². The second-order valence-corrected chi connectivity index (χ2v) is 5.75. The quantitative estimate of drug-likeness (QED) is 0.466. The van der Waals surface area contributed by atoms with Gasteiger partial charge in [-0.15, -0.1) is 0 Å². The second kappa shape index (κ2) is 12.4. The molecule has 0 saturated carbocycles. The average molecular weight is 241 g/mol. The van der Waals surface area contributed by atoms with Crippen molar-refractivity contribution in [2.24, 2.45) is 5.92 Å². The zero-order chi connectivity index (χ0) is 12.9. The number of nitrogens with one attached hydrogen (secondary N) is 1. The van der Waals surface area contributed by atoms with Gasteiger partial charge in [0.15, 0.2) is 0 Å². The Labute approximate surface area is 110 Å². The van der Waals surface area contributed by atoms with Gasteiger partial charge in [0.1, 0.15) is 0 Å². The summed E-state index contributed by atoms with van der Waals surface area (Å²) < 4.78 is 0. The summed E-state index contributed by atoms with van der Waals surface area (Å²) in [4.78, 5) is 0. The second-order valence-electron chi connectivity index (χ2n) is 5.75. The minimum Gasteiger partial charge on any atom is -0.314 e. The highest BCUT2D eigenvalue weighted by Crippen LogP contribution is 2.14. The standard InChI is InChI=1S/C16H35N/c1-5-7-8-9-10-11-12-13-16(6-2)14-17-15(3)4/h15-17H,5-14H2,1-4H3. The molecule has 0 aromatic rings. The summed E-state index contributed by atoms with van der Waals surface area (Å²) in [6.07, 6.45) is 12.8. The first-order valence-electron chi connectivity index (χ1n) is 7.94. The predicted molar refractivity (Wildman–Crippen MR) is 79.5 cm³/mol. The van der Waals surface area contributed by atoms with Crippen molar-refractivity contribution in [3.8, 4) is 0 Å². The Hall–Kier alpha value is -0.0400. The van der Waals surface area contributed by atoms with Crippen LogP contribution in [-0.4, -0.2) is 12.6 Å². The molecule has 0 aromatic carbocycles. The number of unbranched alkanes of at least 4 members (excludes halogenated alkanes) is 6. The Morgan fingerprint density at radius 1 is 0.824 bits per heavy atom. The molecular formula is C16H35N. The Kier molecular flexibility index (Phi) is 12.4. The van der Waals surface area contributed by atoms with Crippen LogP contribution in [0, 0.1) is 5.92 Å². The van der Waals surface area contributed by atoms with Gasteiger partial charge in [0.25, 0.3) is 0 Å². The van der Waals surface area contributed by atoms with Crippen molar-refractivity contribution >= 4 is 0 Å². The van der Waals surface area contributed by atoms with Crippen molar-refractivity contribution in [1.29, 1.82) is 0 Å². The number of hydrogen-bond acceptors (Lipinski definition) is 1. The summed E-state index contributed by atoms with van der Waals surface area (Å²) in [5.41, 5.74) is 0. The summed E-state index contributed by atoms with van der Waals surface area (Å²) in [6.45, 7) is 10.3. The molecule has 0 bridgehead atoms. The highest BCUT2D eigenvalue weighted by molar-refractivity contribution is 4.63. The lowest BCUT2D eigenvalue weighted by molar-refractivity contribution is 0.395. The van der Waals surface area contributed by atoms with E-state index in [9.17, 15) is 0 Å². The number of hydrogen-bond donors (Lipinski definition) is 1. The van der Waals surface area contributed by atoms with Crippen molar-refractivity contribution in [1.82, 2.24) is 5.32 Å². The van der Waals surface area contributed by atoms with Gasteiger partial charge in [-0.3, -0.25) is 0 Å². The van der Waals surface area contributed by atoms with Gasteiger partial charge in [-0.1, -0.05) is 79.1 Å². The molecule has 104 valence electrons. The third-order valence-electron chi connectivity index (χ3n) is 3.61. The van der Waals surface area contributed by atoms with Gasteiger partial charge in [-0.25, -0.2) is 0 Å². The van der Waals surface area contributed by atoms with Crippen LogP contribution in [0.25, 0.3) is 0 Å². The molecule has 0 aliphatic rings. The van der Waals surface area contributed by atoms with Crippen LogP contribution >= 0.6 is 0 Å². The highest BCUT2D eigenvalue weighted by atomic mass is 14.9. The van der Waals surface area contributed by atoms with Crippen LogP contribution in [0.2, 0.25) is 0 Å². The lowest BCUT2D eigenvalue weighted by Gasteiger charge is -2.17. The van der Waals surface area contributed by atoms with Crippen LogP contribution in [0.15, 0.2) is 0 Å². The molecule has 0 aromatic heterocycles. The third kappa shape index (κ3) is 12.2. The zero-order valence-corrected chi connectivity index (χ0v) is 12.7. The molecule has 0 amide bonds. The van der Waals surface area contributed by atoms with Crippen molar-refractivity contribution in [3.05, 3.63) is 0 Å². The first-order valence-corrected chi connectivity index (χ1v) is 7.94. The first-order chi connectivity index (χ1) is 8.20. The summed E-state index contributed by atoms with van der Waals surface area (Å²) in [6, 6.07) is 0.637. The van der Waals surface area contributed by atoms with E-state index >= 15 is 0 Å². The van der Waals surface area contributed by atoms with E-state index in [0.29, 0.717) is 6.04 Å². The largest absolute Gasteiger partial charge is 0.314 e. The third-order valence-corrected chi connectivity index (χ3v) is 3.61. The molecule has 1 nitrogen and oxygen atoms in total. The van der Waals surface area contributed by atoms with E-state index in [1.165, 1.54) is 64.3 Å². The van der Waals surface area contributed by atoms with Crippen LogP contribution < -0.4 is 5.32 Å². The van der Waals surface area contributed by atoms with Gasteiger partial charge in [-0.05, 0) is 18.9 Å². The number of rotatable bonds is 12. The van der Waals surface area contributed by atoms with Crippen molar-refractivity contribution in [3.63, 3.8) is 0 Å². The van der Waals surface area contributed by atoms with Crippen LogP contribution in [0.3, 0.4) is 0 Å². The Bertz CT molecular complexity index is 142. The Morgan fingerprint density at radius 3 is 1.94 bits per heavy atom. The molecule has 0 fully saturated rings. The molecule has 0 heterocycles. The topological polar surface area (TPSA) is 12.0 Å². The van der Waals surface area contributed by atoms with Crippen molar-refractivity contribution < 1.29 is 0 Å². The molecule has 0 radical (unpaired) electrons. The van der Waals surface area contributed by atoms with Gasteiger partial charge < -0.3 is 5.32 Å². The summed E-state index contributed by atoms with van der Waals surface area (Å²) in [7, 11) is 0. The minimum absolute atomic E-state index is 0.637. The molecule has 1 atom stereocenters. The molecule has 0 aliphatic carbocycles. The fraction of sp³-hybridized carbons (Fsp3) is 1.00. The van der Waals surface area contributed by atoms with E-state index in [1.54, 1.807) is 0 Å². The van der Waals surface area contributed by atoms with Crippen LogP contribution in [0.5, 0.6) is 0 Å². The van der Waals surface area contributed by atoms with E-state index in [-0.39, 0.29) is 0 Å². The molecule has 0 saturated heterocycles. The predicted octanol–water partition coefficient (Wildman–Crippen LogP) is 5.15. The van der Waals surface area contributed by atoms with Gasteiger partial charge in [0.2, 0.25) is 0 Å². The first kappa shape index (κ1) is 17.0. The monoisotopic (exact) mass is 241 g/mol. The molecular weight excluding hydrogens is 206 g/mol. The van der Waals surface area contributed by atoms with E-state index in [4.69, 9.17) is 0 Å². The van der Waals surface area contributed by atoms with Crippen LogP contribution in [-0.2, 0) is 0 Å². The van der Waals surface area contributed by atoms with E-state index in [2.05, 4.69) is 33.0 Å². The summed E-state index contributed by atoms with van der Waals surface area (Å²) in [5.74, 6) is 0.896. The molecule has 0 aliphatic heterocycles. The van der Waals surface area contributed by atoms with Crippen LogP contribution in [0.4, 0.5) is 0 Å². The fourth-order valence-electron chi connectivity index (χ4n) is 2.24. The van der Waals surface area contributed by atoms with E-state index < -0.39 is 0 Å². The normalized spacial score (nSPS) is 13.2. The molecule has 1 heteroatoms. The van der Waals surface area contributed by atoms with E-state index in [1.807, 2.05) is 0 Å². The van der Waals surface area contributed by atoms with Gasteiger partial charge in [-0.2, -0.15) is 0 Å².